The zero-order chi connectivity index (χ0) is 13.4. The van der Waals surface area contributed by atoms with E-state index >= 15 is 0 Å². The number of nitrogens with zero attached hydrogens (tertiary/aromatic N) is 2. The van der Waals surface area contributed by atoms with Gasteiger partial charge in [-0.2, -0.15) is 11.8 Å². The first-order valence-corrected chi connectivity index (χ1v) is 7.82. The third-order valence-electron chi connectivity index (χ3n) is 2.99. The summed E-state index contributed by atoms with van der Waals surface area (Å²) < 4.78 is 0. The Morgan fingerprint density at radius 2 is 2.39 bits per heavy atom. The van der Waals surface area contributed by atoms with Crippen molar-refractivity contribution in [3.63, 3.8) is 0 Å². The monoisotopic (exact) mass is 267 g/mol. The van der Waals surface area contributed by atoms with Crippen LogP contribution in [0, 0.1) is 18.3 Å². The van der Waals surface area contributed by atoms with Crippen LogP contribution >= 0.6 is 11.8 Å². The van der Waals surface area contributed by atoms with E-state index in [1.165, 1.54) is 5.75 Å². The van der Waals surface area contributed by atoms with Gasteiger partial charge in [-0.15, -0.1) is 12.3 Å². The summed E-state index contributed by atoms with van der Waals surface area (Å²) in [5.41, 5.74) is 0. The average molecular weight is 267 g/mol. The zero-order valence-electron chi connectivity index (χ0n) is 11.8. The Labute approximate surface area is 116 Å². The molecule has 1 N–H and O–H groups in total. The van der Waals surface area contributed by atoms with Gasteiger partial charge < -0.3 is 10.2 Å². The molecule has 1 aliphatic rings. The molecule has 0 aliphatic carbocycles. The van der Waals surface area contributed by atoms with Crippen LogP contribution in [-0.4, -0.2) is 48.0 Å². The second-order valence-electron chi connectivity index (χ2n) is 4.79. The van der Waals surface area contributed by atoms with Crippen molar-refractivity contribution in [2.24, 2.45) is 10.9 Å². The van der Waals surface area contributed by atoms with Crippen LogP contribution in [0.15, 0.2) is 4.99 Å². The van der Waals surface area contributed by atoms with Crippen LogP contribution in [0.4, 0.5) is 0 Å². The number of nitrogens with one attached hydrogen (secondary N) is 1. The Kier molecular flexibility index (Phi) is 7.04. The summed E-state index contributed by atoms with van der Waals surface area (Å²) in [5.74, 6) is 5.56. The van der Waals surface area contributed by atoms with E-state index in [-0.39, 0.29) is 0 Å². The number of hydrogen-bond donors (Lipinski definition) is 1. The van der Waals surface area contributed by atoms with E-state index in [2.05, 4.69) is 53.7 Å². The van der Waals surface area contributed by atoms with Crippen LogP contribution in [0.3, 0.4) is 0 Å². The van der Waals surface area contributed by atoms with E-state index in [0.29, 0.717) is 17.6 Å². The van der Waals surface area contributed by atoms with Gasteiger partial charge in [0.1, 0.15) is 0 Å². The number of aliphatic imine (C=N–C) groups is 1. The van der Waals surface area contributed by atoms with Crippen LogP contribution in [0.5, 0.6) is 0 Å². The normalized spacial score (nSPS) is 20.9. The summed E-state index contributed by atoms with van der Waals surface area (Å²) in [7, 11) is 0. The topological polar surface area (TPSA) is 27.6 Å². The summed E-state index contributed by atoms with van der Waals surface area (Å²) >= 11 is 2.08. The number of terminal acetylenes is 1. The highest BCUT2D eigenvalue weighted by atomic mass is 32.2. The summed E-state index contributed by atoms with van der Waals surface area (Å²) in [4.78, 5) is 6.98. The van der Waals surface area contributed by atoms with Gasteiger partial charge in [0.15, 0.2) is 5.96 Å². The first kappa shape index (κ1) is 15.2. The number of thioether (sulfide) groups is 1. The first-order chi connectivity index (χ1) is 8.69. The van der Waals surface area contributed by atoms with Gasteiger partial charge in [0.05, 0.1) is 6.54 Å². The molecule has 1 unspecified atom stereocenters. The van der Waals surface area contributed by atoms with Crippen LogP contribution in [0.2, 0.25) is 0 Å². The van der Waals surface area contributed by atoms with Gasteiger partial charge in [0.25, 0.3) is 0 Å². The van der Waals surface area contributed by atoms with Crippen LogP contribution in [-0.2, 0) is 0 Å². The molecule has 0 aromatic rings. The molecule has 0 spiro atoms. The van der Waals surface area contributed by atoms with Crippen molar-refractivity contribution in [1.82, 2.24) is 10.2 Å². The van der Waals surface area contributed by atoms with Crippen LogP contribution in [0.25, 0.3) is 0 Å². The van der Waals surface area contributed by atoms with Gasteiger partial charge in [-0.25, -0.2) is 0 Å². The number of hydrogen-bond acceptors (Lipinski definition) is 2. The maximum absolute atomic E-state index is 5.27. The van der Waals surface area contributed by atoms with E-state index in [4.69, 9.17) is 6.42 Å². The standard InChI is InChI=1S/C14H25N3S/c1-5-7-8-16-14(15-6-2)17-9-10-18-13(11-17)12(3)4/h1,12-13H,6-11H2,2-4H3,(H,15,16). The fourth-order valence-corrected chi connectivity index (χ4v) is 3.22. The summed E-state index contributed by atoms with van der Waals surface area (Å²) in [6, 6.07) is 0. The minimum atomic E-state index is 0.704. The lowest BCUT2D eigenvalue weighted by Crippen LogP contribution is -2.49. The largest absolute Gasteiger partial charge is 0.357 e. The van der Waals surface area contributed by atoms with Gasteiger partial charge in [0.2, 0.25) is 0 Å². The summed E-state index contributed by atoms with van der Waals surface area (Å²) in [5, 5.41) is 4.07. The molecule has 102 valence electrons. The molecule has 0 aromatic heterocycles. The third-order valence-corrected chi connectivity index (χ3v) is 4.53. The molecular weight excluding hydrogens is 242 g/mol. The van der Waals surface area contributed by atoms with Gasteiger partial charge in [-0.05, 0) is 12.8 Å². The Hall–Kier alpha value is -0.820. The van der Waals surface area contributed by atoms with Crippen molar-refractivity contribution in [3.8, 4) is 12.3 Å². The fraction of sp³-hybridized carbons (Fsp3) is 0.786. The highest BCUT2D eigenvalue weighted by molar-refractivity contribution is 8.00. The maximum atomic E-state index is 5.27. The molecule has 1 aliphatic heterocycles. The highest BCUT2D eigenvalue weighted by Gasteiger charge is 2.24. The highest BCUT2D eigenvalue weighted by Crippen LogP contribution is 2.24. The molecule has 1 atom stereocenters. The van der Waals surface area contributed by atoms with Crippen LogP contribution < -0.4 is 5.32 Å². The minimum Gasteiger partial charge on any atom is -0.357 e. The van der Waals surface area contributed by atoms with Crippen molar-refractivity contribution in [2.45, 2.75) is 32.4 Å². The molecule has 1 fully saturated rings. The SMILES string of the molecule is C#CCCN=C(NCC)N1CCSC(C(C)C)C1. The van der Waals surface area contributed by atoms with E-state index in [1.54, 1.807) is 0 Å². The molecule has 18 heavy (non-hydrogen) atoms. The van der Waals surface area contributed by atoms with Gasteiger partial charge in [0, 0.05) is 37.1 Å². The number of guanidine groups is 1. The molecule has 0 aromatic carbocycles. The molecule has 4 heteroatoms. The third kappa shape index (κ3) is 4.81. The predicted octanol–water partition coefficient (Wildman–Crippen LogP) is 2.05. The lowest BCUT2D eigenvalue weighted by molar-refractivity contribution is 0.381. The molecule has 0 radical (unpaired) electrons. The predicted molar refractivity (Wildman–Crippen MR) is 82.1 cm³/mol. The first-order valence-electron chi connectivity index (χ1n) is 6.77. The van der Waals surface area contributed by atoms with Crippen molar-refractivity contribution < 1.29 is 0 Å². The molecule has 0 amide bonds. The van der Waals surface area contributed by atoms with Crippen LogP contribution in [0.1, 0.15) is 27.2 Å². The van der Waals surface area contributed by atoms with Gasteiger partial charge >= 0.3 is 0 Å². The average Bonchev–Trinajstić information content (AvgIpc) is 2.38. The van der Waals surface area contributed by atoms with E-state index in [1.807, 2.05) is 0 Å². The lowest BCUT2D eigenvalue weighted by atomic mass is 10.1. The molecule has 0 bridgehead atoms. The zero-order valence-corrected chi connectivity index (χ0v) is 12.6. The van der Waals surface area contributed by atoms with Crippen molar-refractivity contribution in [3.05, 3.63) is 0 Å². The van der Waals surface area contributed by atoms with E-state index < -0.39 is 0 Å². The molecule has 0 saturated carbocycles. The minimum absolute atomic E-state index is 0.704. The smallest absolute Gasteiger partial charge is 0.194 e. The molecular formula is C14H25N3S. The van der Waals surface area contributed by atoms with E-state index in [9.17, 15) is 0 Å². The molecule has 1 rings (SSSR count). The molecule has 1 heterocycles. The fourth-order valence-electron chi connectivity index (χ4n) is 1.92. The maximum Gasteiger partial charge on any atom is 0.194 e. The quantitative estimate of drug-likeness (QED) is 0.366. The van der Waals surface area contributed by atoms with Crippen molar-refractivity contribution >= 4 is 17.7 Å². The summed E-state index contributed by atoms with van der Waals surface area (Å²) in [6.45, 7) is 10.5. The van der Waals surface area contributed by atoms with Gasteiger partial charge in [-0.1, -0.05) is 13.8 Å². The summed E-state index contributed by atoms with van der Waals surface area (Å²) in [6.07, 6.45) is 5.99. The Balaban J connectivity index is 2.61. The molecule has 3 nitrogen and oxygen atoms in total. The van der Waals surface area contributed by atoms with Crippen molar-refractivity contribution in [1.29, 1.82) is 0 Å². The second kappa shape index (κ2) is 8.31. The second-order valence-corrected chi connectivity index (χ2v) is 6.14. The lowest BCUT2D eigenvalue weighted by Gasteiger charge is -2.36. The van der Waals surface area contributed by atoms with E-state index in [0.717, 1.165) is 32.1 Å². The Morgan fingerprint density at radius 1 is 1.61 bits per heavy atom. The Morgan fingerprint density at radius 3 is 3.00 bits per heavy atom. The van der Waals surface area contributed by atoms with Crippen molar-refractivity contribution in [2.75, 3.05) is 31.9 Å². The number of rotatable bonds is 4. The Bertz CT molecular complexity index is 307. The van der Waals surface area contributed by atoms with Gasteiger partial charge in [-0.3, -0.25) is 4.99 Å². The molecule has 1 saturated heterocycles.